The number of sulfonamides is 1. The molecule has 3 aromatic carbocycles. The molecule has 6 heteroatoms. The minimum Gasteiger partial charge on any atom is -0.322 e. The summed E-state index contributed by atoms with van der Waals surface area (Å²) in [7, 11) is -3.72. The van der Waals surface area contributed by atoms with Crippen molar-refractivity contribution < 1.29 is 13.2 Å². The van der Waals surface area contributed by atoms with E-state index >= 15 is 0 Å². The summed E-state index contributed by atoms with van der Waals surface area (Å²) in [4.78, 5) is 12.6. The van der Waals surface area contributed by atoms with Gasteiger partial charge in [0.2, 0.25) is 0 Å². The van der Waals surface area contributed by atoms with Crippen molar-refractivity contribution in [3.63, 3.8) is 0 Å². The van der Waals surface area contributed by atoms with Gasteiger partial charge in [-0.15, -0.1) is 0 Å². The Balaban J connectivity index is 1.70. The quantitative estimate of drug-likeness (QED) is 0.542. The zero-order valence-electron chi connectivity index (χ0n) is 18.5. The van der Waals surface area contributed by atoms with Gasteiger partial charge in [-0.05, 0) is 84.5 Å². The molecule has 3 rings (SSSR count). The number of hydrogen-bond acceptors (Lipinski definition) is 3. The summed E-state index contributed by atoms with van der Waals surface area (Å²) in [6, 6.07) is 19.0. The lowest BCUT2D eigenvalue weighted by Crippen LogP contribution is -2.15. The number of nitrogens with one attached hydrogen (secondary N) is 2. The molecule has 0 saturated heterocycles. The van der Waals surface area contributed by atoms with Crippen LogP contribution in [0.5, 0.6) is 0 Å². The van der Waals surface area contributed by atoms with Crippen molar-refractivity contribution in [3.8, 4) is 0 Å². The fourth-order valence-electron chi connectivity index (χ4n) is 3.06. The molecular weight excluding hydrogens is 408 g/mol. The van der Waals surface area contributed by atoms with Crippen LogP contribution in [0, 0.1) is 13.8 Å². The van der Waals surface area contributed by atoms with Gasteiger partial charge in [0.05, 0.1) is 4.90 Å². The lowest BCUT2D eigenvalue weighted by molar-refractivity contribution is 0.102. The van der Waals surface area contributed by atoms with Gasteiger partial charge in [0.25, 0.3) is 15.9 Å². The van der Waals surface area contributed by atoms with Crippen molar-refractivity contribution in [1.29, 1.82) is 0 Å². The van der Waals surface area contributed by atoms with Crippen LogP contribution >= 0.6 is 0 Å². The van der Waals surface area contributed by atoms with Crippen molar-refractivity contribution in [2.45, 2.75) is 44.9 Å². The van der Waals surface area contributed by atoms with E-state index in [2.05, 4.69) is 30.8 Å². The topological polar surface area (TPSA) is 75.3 Å². The molecule has 31 heavy (non-hydrogen) atoms. The third-order valence-electron chi connectivity index (χ3n) is 5.19. The van der Waals surface area contributed by atoms with Gasteiger partial charge in [0.15, 0.2) is 0 Å². The summed E-state index contributed by atoms with van der Waals surface area (Å²) in [5.41, 5.74) is 4.84. The van der Waals surface area contributed by atoms with E-state index < -0.39 is 10.0 Å². The van der Waals surface area contributed by atoms with Gasteiger partial charge in [-0.1, -0.05) is 39.0 Å². The van der Waals surface area contributed by atoms with E-state index in [1.165, 1.54) is 12.1 Å². The number of carbonyl (C=O) groups is 1. The molecule has 0 radical (unpaired) electrons. The van der Waals surface area contributed by atoms with Crippen molar-refractivity contribution in [2.75, 3.05) is 10.0 Å². The summed E-state index contributed by atoms with van der Waals surface area (Å²) in [6.07, 6.45) is 0. The van der Waals surface area contributed by atoms with Crippen LogP contribution in [0.15, 0.2) is 71.6 Å². The average molecular weight is 437 g/mol. The van der Waals surface area contributed by atoms with Crippen LogP contribution in [0.25, 0.3) is 0 Å². The first-order chi connectivity index (χ1) is 14.5. The van der Waals surface area contributed by atoms with E-state index in [0.29, 0.717) is 16.9 Å². The van der Waals surface area contributed by atoms with Gasteiger partial charge in [-0.3, -0.25) is 9.52 Å². The van der Waals surface area contributed by atoms with Crippen LogP contribution in [0.3, 0.4) is 0 Å². The summed E-state index contributed by atoms with van der Waals surface area (Å²) in [5, 5.41) is 2.80. The van der Waals surface area contributed by atoms with Crippen LogP contribution in [-0.4, -0.2) is 14.3 Å². The number of anilines is 2. The first-order valence-corrected chi connectivity index (χ1v) is 11.6. The molecule has 162 valence electrons. The van der Waals surface area contributed by atoms with Crippen LogP contribution in [-0.2, 0) is 15.4 Å². The van der Waals surface area contributed by atoms with Gasteiger partial charge in [-0.25, -0.2) is 8.42 Å². The second-order valence-corrected chi connectivity index (χ2v) is 10.4. The summed E-state index contributed by atoms with van der Waals surface area (Å²) in [6.45, 7) is 10.3. The Morgan fingerprint density at radius 3 is 1.90 bits per heavy atom. The third kappa shape index (κ3) is 5.52. The molecule has 0 aliphatic heterocycles. The molecule has 0 aliphatic carbocycles. The van der Waals surface area contributed by atoms with Gasteiger partial charge in [0, 0.05) is 16.9 Å². The largest absolute Gasteiger partial charge is 0.322 e. The Kier molecular flexibility index (Phi) is 6.23. The van der Waals surface area contributed by atoms with Crippen LogP contribution in [0.1, 0.15) is 47.8 Å². The predicted molar refractivity (Wildman–Crippen MR) is 126 cm³/mol. The molecule has 3 aromatic rings. The normalized spacial score (nSPS) is 11.8. The van der Waals surface area contributed by atoms with Crippen molar-refractivity contribution >= 4 is 27.3 Å². The fourth-order valence-corrected chi connectivity index (χ4v) is 4.11. The van der Waals surface area contributed by atoms with E-state index in [0.717, 1.165) is 16.7 Å². The Hall–Kier alpha value is -3.12. The van der Waals surface area contributed by atoms with E-state index in [1.54, 1.807) is 36.4 Å². The lowest BCUT2D eigenvalue weighted by atomic mass is 9.87. The second kappa shape index (κ2) is 8.55. The highest BCUT2D eigenvalue weighted by Crippen LogP contribution is 2.23. The molecule has 0 bridgehead atoms. The molecule has 0 atom stereocenters. The third-order valence-corrected chi connectivity index (χ3v) is 6.59. The number of rotatable bonds is 5. The monoisotopic (exact) mass is 436 g/mol. The Morgan fingerprint density at radius 2 is 1.35 bits per heavy atom. The zero-order valence-corrected chi connectivity index (χ0v) is 19.3. The molecule has 0 spiro atoms. The maximum atomic E-state index is 12.7. The minimum absolute atomic E-state index is 0.0155. The molecule has 2 N–H and O–H groups in total. The average Bonchev–Trinajstić information content (AvgIpc) is 2.70. The first-order valence-electron chi connectivity index (χ1n) is 10.1. The molecular formula is C25H28N2O3S. The maximum absolute atomic E-state index is 12.7. The van der Waals surface area contributed by atoms with Crippen molar-refractivity contribution in [2.24, 2.45) is 0 Å². The van der Waals surface area contributed by atoms with Crippen molar-refractivity contribution in [3.05, 3.63) is 89.0 Å². The van der Waals surface area contributed by atoms with Gasteiger partial charge in [-0.2, -0.15) is 0 Å². The summed E-state index contributed by atoms with van der Waals surface area (Å²) >= 11 is 0. The molecule has 0 unspecified atom stereocenters. The number of hydrogen-bond donors (Lipinski definition) is 2. The number of carbonyl (C=O) groups excluding carboxylic acids is 1. The van der Waals surface area contributed by atoms with Crippen molar-refractivity contribution in [1.82, 2.24) is 0 Å². The second-order valence-electron chi connectivity index (χ2n) is 8.71. The predicted octanol–water partition coefficient (Wildman–Crippen LogP) is 5.65. The first kappa shape index (κ1) is 22.6. The minimum atomic E-state index is -3.72. The highest BCUT2D eigenvalue weighted by Gasteiger charge is 2.16. The van der Waals surface area contributed by atoms with Gasteiger partial charge in [0.1, 0.15) is 0 Å². The van der Waals surface area contributed by atoms with Crippen LogP contribution in [0.4, 0.5) is 11.4 Å². The highest BCUT2D eigenvalue weighted by molar-refractivity contribution is 7.92. The smallest absolute Gasteiger partial charge is 0.261 e. The molecule has 0 aliphatic rings. The summed E-state index contributed by atoms with van der Waals surface area (Å²) < 4.78 is 27.9. The van der Waals surface area contributed by atoms with E-state index in [-0.39, 0.29) is 16.2 Å². The molecule has 0 aromatic heterocycles. The lowest BCUT2D eigenvalue weighted by Gasteiger charge is -2.19. The fraction of sp³-hybridized carbons (Fsp3) is 0.240. The van der Waals surface area contributed by atoms with Gasteiger partial charge >= 0.3 is 0 Å². The zero-order chi connectivity index (χ0) is 22.8. The summed E-state index contributed by atoms with van der Waals surface area (Å²) in [5.74, 6) is -0.246. The van der Waals surface area contributed by atoms with E-state index in [4.69, 9.17) is 0 Å². The molecule has 0 saturated carbocycles. The Labute approximate surface area is 184 Å². The maximum Gasteiger partial charge on any atom is 0.261 e. The molecule has 1 amide bonds. The highest BCUT2D eigenvalue weighted by atomic mass is 32.2. The number of benzene rings is 3. The SMILES string of the molecule is Cc1ccc(NS(=O)(=O)c2ccc(NC(=O)c3ccc(C(C)(C)C)cc3)cc2)cc1C. The van der Waals surface area contributed by atoms with E-state index in [9.17, 15) is 13.2 Å². The standard InChI is InChI=1S/C25H28N2O3S/c1-17-6-11-22(16-18(17)2)27-31(29,30)23-14-12-21(13-15-23)26-24(28)19-7-9-20(10-8-19)25(3,4)5/h6-16,27H,1-5H3,(H,26,28). The Bertz CT molecular complexity index is 1190. The van der Waals surface area contributed by atoms with Gasteiger partial charge < -0.3 is 5.32 Å². The van der Waals surface area contributed by atoms with Crippen LogP contribution < -0.4 is 10.0 Å². The molecule has 0 heterocycles. The molecule has 0 fully saturated rings. The molecule has 5 nitrogen and oxygen atoms in total. The number of amides is 1. The Morgan fingerprint density at radius 1 is 0.774 bits per heavy atom. The number of aryl methyl sites for hydroxylation is 2. The van der Waals surface area contributed by atoms with Crippen LogP contribution in [0.2, 0.25) is 0 Å². The van der Waals surface area contributed by atoms with E-state index in [1.807, 2.05) is 32.0 Å².